The Morgan fingerprint density at radius 2 is 2.05 bits per heavy atom. The normalized spacial score (nSPS) is 12.0. The van der Waals surface area contributed by atoms with Crippen molar-refractivity contribution in [2.45, 2.75) is 24.3 Å². The quantitative estimate of drug-likeness (QED) is 0.777. The van der Waals surface area contributed by atoms with Crippen LogP contribution in [0.25, 0.3) is 0 Å². The van der Waals surface area contributed by atoms with Crippen molar-refractivity contribution in [2.24, 2.45) is 5.73 Å². The minimum absolute atomic E-state index is 0.0958. The van der Waals surface area contributed by atoms with Gasteiger partial charge < -0.3 is 15.4 Å². The number of thioether (sulfide) groups is 1. The molecule has 0 heterocycles. The first-order valence-corrected chi connectivity index (χ1v) is 7.29. The van der Waals surface area contributed by atoms with E-state index in [1.807, 2.05) is 31.2 Å². The highest BCUT2D eigenvalue weighted by atomic mass is 32.2. The van der Waals surface area contributed by atoms with Gasteiger partial charge in [-0.05, 0) is 31.2 Å². The molecule has 1 aromatic carbocycles. The molecule has 106 valence electrons. The number of nitrogens with zero attached hydrogens (tertiary/aromatic N) is 1. The Morgan fingerprint density at radius 3 is 2.58 bits per heavy atom. The fourth-order valence-corrected chi connectivity index (χ4v) is 2.35. The maximum absolute atomic E-state index is 11.9. The Labute approximate surface area is 119 Å². The SMILES string of the molecule is COc1ccc(SCCC(=O)N(C)C(C)CN)cc1. The van der Waals surface area contributed by atoms with E-state index in [2.05, 4.69) is 0 Å². The van der Waals surface area contributed by atoms with E-state index in [4.69, 9.17) is 10.5 Å². The number of hydrogen-bond donors (Lipinski definition) is 1. The number of ether oxygens (including phenoxy) is 1. The number of benzene rings is 1. The summed E-state index contributed by atoms with van der Waals surface area (Å²) >= 11 is 1.67. The molecular weight excluding hydrogens is 260 g/mol. The fraction of sp³-hybridized carbons (Fsp3) is 0.500. The highest BCUT2D eigenvalue weighted by Crippen LogP contribution is 2.22. The van der Waals surface area contributed by atoms with Crippen LogP contribution in [0.15, 0.2) is 29.2 Å². The van der Waals surface area contributed by atoms with Gasteiger partial charge in [-0.2, -0.15) is 0 Å². The number of nitrogens with two attached hydrogens (primary N) is 1. The van der Waals surface area contributed by atoms with Gasteiger partial charge in [0.25, 0.3) is 0 Å². The van der Waals surface area contributed by atoms with E-state index in [1.54, 1.807) is 30.8 Å². The van der Waals surface area contributed by atoms with Crippen molar-refractivity contribution < 1.29 is 9.53 Å². The van der Waals surface area contributed by atoms with E-state index in [1.165, 1.54) is 0 Å². The molecule has 1 unspecified atom stereocenters. The molecule has 5 heteroatoms. The van der Waals surface area contributed by atoms with E-state index < -0.39 is 0 Å². The van der Waals surface area contributed by atoms with E-state index >= 15 is 0 Å². The molecule has 1 rings (SSSR count). The van der Waals surface area contributed by atoms with Gasteiger partial charge in [-0.15, -0.1) is 11.8 Å². The second kappa shape index (κ2) is 8.07. The van der Waals surface area contributed by atoms with Crippen molar-refractivity contribution in [1.82, 2.24) is 4.90 Å². The summed E-state index contributed by atoms with van der Waals surface area (Å²) in [5.74, 6) is 1.75. The molecule has 0 radical (unpaired) electrons. The molecule has 0 spiro atoms. The van der Waals surface area contributed by atoms with Crippen molar-refractivity contribution in [2.75, 3.05) is 26.5 Å². The number of amides is 1. The average molecular weight is 282 g/mol. The molecule has 0 aliphatic carbocycles. The van der Waals surface area contributed by atoms with Crippen molar-refractivity contribution in [3.8, 4) is 5.75 Å². The number of carbonyl (C=O) groups is 1. The van der Waals surface area contributed by atoms with Gasteiger partial charge in [-0.3, -0.25) is 4.79 Å². The summed E-state index contributed by atoms with van der Waals surface area (Å²) < 4.78 is 5.10. The van der Waals surface area contributed by atoms with Crippen LogP contribution >= 0.6 is 11.8 Å². The Morgan fingerprint density at radius 1 is 1.42 bits per heavy atom. The summed E-state index contributed by atoms with van der Waals surface area (Å²) in [4.78, 5) is 14.7. The molecule has 0 bridgehead atoms. The van der Waals surface area contributed by atoms with Crippen molar-refractivity contribution in [3.63, 3.8) is 0 Å². The second-order valence-electron chi connectivity index (χ2n) is 4.36. The lowest BCUT2D eigenvalue weighted by molar-refractivity contribution is -0.131. The molecule has 4 nitrogen and oxygen atoms in total. The largest absolute Gasteiger partial charge is 0.497 e. The predicted molar refractivity (Wildman–Crippen MR) is 79.6 cm³/mol. The maximum atomic E-state index is 11.9. The first-order chi connectivity index (χ1) is 9.08. The second-order valence-corrected chi connectivity index (χ2v) is 5.53. The fourth-order valence-electron chi connectivity index (χ4n) is 1.51. The van der Waals surface area contributed by atoms with E-state index in [9.17, 15) is 4.79 Å². The monoisotopic (exact) mass is 282 g/mol. The molecule has 0 aromatic heterocycles. The van der Waals surface area contributed by atoms with Crippen LogP contribution in [0.5, 0.6) is 5.75 Å². The standard InChI is InChI=1S/C14H22N2O2S/c1-11(10-15)16(2)14(17)8-9-19-13-6-4-12(18-3)5-7-13/h4-7,11H,8-10,15H2,1-3H3. The Hall–Kier alpha value is -1.20. The number of likely N-dealkylation sites (N-methyl/N-ethyl adjacent to an activating group) is 1. The minimum atomic E-state index is 0.0958. The van der Waals surface area contributed by atoms with Gasteiger partial charge in [0, 0.05) is 36.7 Å². The zero-order valence-electron chi connectivity index (χ0n) is 11.8. The van der Waals surface area contributed by atoms with Crippen LogP contribution in [0, 0.1) is 0 Å². The highest BCUT2D eigenvalue weighted by molar-refractivity contribution is 7.99. The Bertz CT molecular complexity index is 395. The number of rotatable bonds is 7. The van der Waals surface area contributed by atoms with Crippen LogP contribution in [0.4, 0.5) is 0 Å². The van der Waals surface area contributed by atoms with Gasteiger partial charge in [-0.25, -0.2) is 0 Å². The first-order valence-electron chi connectivity index (χ1n) is 6.31. The van der Waals surface area contributed by atoms with E-state index in [-0.39, 0.29) is 11.9 Å². The number of methoxy groups -OCH3 is 1. The molecule has 0 aliphatic rings. The smallest absolute Gasteiger partial charge is 0.223 e. The summed E-state index contributed by atoms with van der Waals surface area (Å²) in [6.45, 7) is 2.45. The minimum Gasteiger partial charge on any atom is -0.497 e. The molecule has 0 saturated heterocycles. The average Bonchev–Trinajstić information content (AvgIpc) is 2.46. The number of carbonyl (C=O) groups excluding carboxylic acids is 1. The van der Waals surface area contributed by atoms with Gasteiger partial charge in [-0.1, -0.05) is 0 Å². The molecule has 0 aliphatic heterocycles. The van der Waals surface area contributed by atoms with Crippen LogP contribution in [0.1, 0.15) is 13.3 Å². The van der Waals surface area contributed by atoms with Gasteiger partial charge >= 0.3 is 0 Å². The third-order valence-electron chi connectivity index (χ3n) is 3.04. The summed E-state index contributed by atoms with van der Waals surface area (Å²) in [6, 6.07) is 7.94. The summed E-state index contributed by atoms with van der Waals surface area (Å²) in [6.07, 6.45) is 0.525. The zero-order valence-corrected chi connectivity index (χ0v) is 12.6. The van der Waals surface area contributed by atoms with Crippen molar-refractivity contribution in [1.29, 1.82) is 0 Å². The topological polar surface area (TPSA) is 55.6 Å². The van der Waals surface area contributed by atoms with E-state index in [0.29, 0.717) is 13.0 Å². The molecule has 1 amide bonds. The van der Waals surface area contributed by atoms with Crippen molar-refractivity contribution >= 4 is 17.7 Å². The van der Waals surface area contributed by atoms with Gasteiger partial charge in [0.2, 0.25) is 5.91 Å². The van der Waals surface area contributed by atoms with Crippen LogP contribution in [-0.2, 0) is 4.79 Å². The molecule has 1 aromatic rings. The highest BCUT2D eigenvalue weighted by Gasteiger charge is 2.13. The summed E-state index contributed by atoms with van der Waals surface area (Å²) in [5.41, 5.74) is 5.55. The Kier molecular flexibility index (Phi) is 6.73. The van der Waals surface area contributed by atoms with Gasteiger partial charge in [0.15, 0.2) is 0 Å². The summed E-state index contributed by atoms with van der Waals surface area (Å²) in [7, 11) is 3.45. The third-order valence-corrected chi connectivity index (χ3v) is 4.05. The molecule has 1 atom stereocenters. The van der Waals surface area contributed by atoms with Crippen LogP contribution in [0.2, 0.25) is 0 Å². The van der Waals surface area contributed by atoms with Gasteiger partial charge in [0.1, 0.15) is 5.75 Å². The van der Waals surface area contributed by atoms with Gasteiger partial charge in [0.05, 0.1) is 7.11 Å². The maximum Gasteiger partial charge on any atom is 0.223 e. The number of hydrogen-bond acceptors (Lipinski definition) is 4. The van der Waals surface area contributed by atoms with Crippen molar-refractivity contribution in [3.05, 3.63) is 24.3 Å². The first kappa shape index (κ1) is 15.9. The zero-order chi connectivity index (χ0) is 14.3. The lowest BCUT2D eigenvalue weighted by Gasteiger charge is -2.23. The van der Waals surface area contributed by atoms with Crippen LogP contribution in [0.3, 0.4) is 0 Å². The lowest BCUT2D eigenvalue weighted by atomic mass is 10.3. The predicted octanol–water partition coefficient (Wildman–Crippen LogP) is 1.98. The molecule has 19 heavy (non-hydrogen) atoms. The molecule has 0 fully saturated rings. The Balaban J connectivity index is 2.35. The summed E-state index contributed by atoms with van der Waals surface area (Å²) in [5, 5.41) is 0. The molecular formula is C14H22N2O2S. The lowest BCUT2D eigenvalue weighted by Crippen LogP contribution is -2.39. The molecule has 2 N–H and O–H groups in total. The third kappa shape index (κ3) is 5.12. The van der Waals surface area contributed by atoms with E-state index in [0.717, 1.165) is 16.4 Å². The van der Waals surface area contributed by atoms with Crippen LogP contribution in [-0.4, -0.2) is 43.3 Å². The molecule has 0 saturated carbocycles. The van der Waals surface area contributed by atoms with Crippen LogP contribution < -0.4 is 10.5 Å².